The number of hydrogen-bond acceptors (Lipinski definition) is 4. The van der Waals surface area contributed by atoms with Gasteiger partial charge < -0.3 is 19.4 Å². The fraction of sp³-hybridized carbons (Fsp3) is 0.500. The standard InChI is InChI=1S/C32H41N3O3/c1-31(2,3)38-30(37)34-21-15-26(24-34)29(36)35(27-11-5-4-6-12-27)20-9-19-33-22-17-32(18-23-33)16-14-25-10-7-8-13-28(25)32/h4-8,10-14,16,26H,9,15,17-24H2,1-3H3. The molecule has 0 bridgehead atoms. The van der Waals surface area contributed by atoms with Gasteiger partial charge in [0.05, 0.1) is 5.92 Å². The molecule has 0 saturated carbocycles. The van der Waals surface area contributed by atoms with E-state index in [1.165, 1.54) is 11.1 Å². The Hall–Kier alpha value is -3.12. The number of piperidine rings is 1. The molecule has 2 saturated heterocycles. The van der Waals surface area contributed by atoms with E-state index >= 15 is 0 Å². The van der Waals surface area contributed by atoms with Crippen molar-refractivity contribution in [1.82, 2.24) is 9.80 Å². The summed E-state index contributed by atoms with van der Waals surface area (Å²) in [5.74, 6) is -0.0978. The molecule has 5 rings (SSSR count). The number of ether oxygens (including phenoxy) is 1. The minimum Gasteiger partial charge on any atom is -0.444 e. The van der Waals surface area contributed by atoms with Gasteiger partial charge in [-0.1, -0.05) is 54.6 Å². The highest BCUT2D eigenvalue weighted by Gasteiger charge is 2.38. The Bertz CT molecular complexity index is 1160. The van der Waals surface area contributed by atoms with Crippen molar-refractivity contribution in [2.45, 2.75) is 57.5 Å². The zero-order valence-corrected chi connectivity index (χ0v) is 23.1. The number of anilines is 1. The molecule has 6 heteroatoms. The summed E-state index contributed by atoms with van der Waals surface area (Å²) in [5, 5.41) is 0. The van der Waals surface area contributed by atoms with Crippen LogP contribution in [0.1, 0.15) is 57.6 Å². The largest absolute Gasteiger partial charge is 0.444 e. The average Bonchev–Trinajstić information content (AvgIpc) is 3.54. The maximum Gasteiger partial charge on any atom is 0.410 e. The van der Waals surface area contributed by atoms with E-state index in [4.69, 9.17) is 4.74 Å². The first-order chi connectivity index (χ1) is 18.2. The van der Waals surface area contributed by atoms with Gasteiger partial charge in [-0.05, 0) is 89.3 Å². The van der Waals surface area contributed by atoms with Gasteiger partial charge in [0.25, 0.3) is 0 Å². The number of para-hydroxylation sites is 1. The molecular weight excluding hydrogens is 474 g/mol. The molecule has 1 spiro atoms. The van der Waals surface area contributed by atoms with Gasteiger partial charge in [0, 0.05) is 30.7 Å². The molecule has 3 aliphatic rings. The molecule has 1 aliphatic carbocycles. The number of amides is 2. The molecular formula is C32H41N3O3. The van der Waals surface area contributed by atoms with E-state index < -0.39 is 5.60 Å². The Balaban J connectivity index is 1.16. The third-order valence-electron chi connectivity index (χ3n) is 8.21. The molecule has 0 N–H and O–H groups in total. The van der Waals surface area contributed by atoms with E-state index in [1.54, 1.807) is 4.90 Å². The van der Waals surface area contributed by atoms with E-state index in [-0.39, 0.29) is 23.3 Å². The number of allylic oxidation sites excluding steroid dienone is 1. The summed E-state index contributed by atoms with van der Waals surface area (Å²) in [4.78, 5) is 32.4. The minimum atomic E-state index is -0.541. The third-order valence-corrected chi connectivity index (χ3v) is 8.21. The van der Waals surface area contributed by atoms with Crippen LogP contribution in [0, 0.1) is 5.92 Å². The maximum absolute atomic E-state index is 13.7. The molecule has 2 aromatic rings. The number of rotatable bonds is 6. The lowest BCUT2D eigenvalue weighted by Crippen LogP contribution is -2.43. The SMILES string of the molecule is CC(C)(C)OC(=O)N1CCC(C(=O)N(CCCN2CCC3(C=Cc4ccccc43)CC2)c2ccccc2)C1. The second-order valence-electron chi connectivity index (χ2n) is 12.0. The van der Waals surface area contributed by atoms with Crippen molar-refractivity contribution in [2.24, 2.45) is 5.92 Å². The maximum atomic E-state index is 13.7. The van der Waals surface area contributed by atoms with Crippen LogP contribution in [0.15, 0.2) is 60.7 Å². The first kappa shape index (κ1) is 26.5. The van der Waals surface area contributed by atoms with Crippen LogP contribution in [-0.2, 0) is 14.9 Å². The highest BCUT2D eigenvalue weighted by atomic mass is 16.6. The quantitative estimate of drug-likeness (QED) is 0.493. The van der Waals surface area contributed by atoms with Crippen LogP contribution in [0.2, 0.25) is 0 Å². The van der Waals surface area contributed by atoms with E-state index in [0.717, 1.165) is 44.6 Å². The van der Waals surface area contributed by atoms with Crippen molar-refractivity contribution in [3.8, 4) is 0 Å². The van der Waals surface area contributed by atoms with Crippen molar-refractivity contribution in [1.29, 1.82) is 0 Å². The highest BCUT2D eigenvalue weighted by Crippen LogP contribution is 2.43. The molecule has 2 fully saturated rings. The van der Waals surface area contributed by atoms with Crippen LogP contribution in [0.4, 0.5) is 10.5 Å². The van der Waals surface area contributed by atoms with Gasteiger partial charge in [0.1, 0.15) is 5.60 Å². The molecule has 38 heavy (non-hydrogen) atoms. The molecule has 6 nitrogen and oxygen atoms in total. The molecule has 1 unspecified atom stereocenters. The van der Waals surface area contributed by atoms with Gasteiger partial charge in [0.15, 0.2) is 0 Å². The number of benzene rings is 2. The molecule has 202 valence electrons. The number of hydrogen-bond donors (Lipinski definition) is 0. The number of likely N-dealkylation sites (tertiary alicyclic amines) is 2. The second-order valence-corrected chi connectivity index (χ2v) is 12.0. The van der Waals surface area contributed by atoms with Crippen LogP contribution < -0.4 is 4.90 Å². The lowest BCUT2D eigenvalue weighted by Gasteiger charge is -2.39. The Kier molecular flexibility index (Phi) is 7.62. The van der Waals surface area contributed by atoms with Crippen LogP contribution >= 0.6 is 0 Å². The van der Waals surface area contributed by atoms with Crippen molar-refractivity contribution in [2.75, 3.05) is 44.2 Å². The molecule has 0 aromatic heterocycles. The second kappa shape index (κ2) is 10.9. The summed E-state index contributed by atoms with van der Waals surface area (Å²) in [6, 6.07) is 18.7. The summed E-state index contributed by atoms with van der Waals surface area (Å²) in [6.45, 7) is 10.4. The van der Waals surface area contributed by atoms with Gasteiger partial charge >= 0.3 is 6.09 Å². The third kappa shape index (κ3) is 5.80. The van der Waals surface area contributed by atoms with E-state index in [2.05, 4.69) is 41.3 Å². The van der Waals surface area contributed by atoms with Crippen LogP contribution in [-0.4, -0.2) is 66.7 Å². The fourth-order valence-corrected chi connectivity index (χ4v) is 6.15. The summed E-state index contributed by atoms with van der Waals surface area (Å²) in [7, 11) is 0. The van der Waals surface area contributed by atoms with E-state index in [1.807, 2.05) is 56.0 Å². The monoisotopic (exact) mass is 515 g/mol. The molecule has 2 heterocycles. The smallest absolute Gasteiger partial charge is 0.410 e. The van der Waals surface area contributed by atoms with Gasteiger partial charge in [-0.15, -0.1) is 0 Å². The topological polar surface area (TPSA) is 53.1 Å². The van der Waals surface area contributed by atoms with Gasteiger partial charge in [-0.25, -0.2) is 4.79 Å². The fourth-order valence-electron chi connectivity index (χ4n) is 6.15. The number of fused-ring (bicyclic) bond motifs is 2. The number of carbonyl (C=O) groups excluding carboxylic acids is 2. The van der Waals surface area contributed by atoms with Crippen molar-refractivity contribution >= 4 is 23.8 Å². The Morgan fingerprint density at radius 2 is 1.71 bits per heavy atom. The Labute approximate surface area is 227 Å². The lowest BCUT2D eigenvalue weighted by molar-refractivity contribution is -0.122. The highest BCUT2D eigenvalue weighted by molar-refractivity contribution is 5.95. The first-order valence-electron chi connectivity index (χ1n) is 14.1. The van der Waals surface area contributed by atoms with Crippen LogP contribution in [0.5, 0.6) is 0 Å². The zero-order chi connectivity index (χ0) is 26.8. The van der Waals surface area contributed by atoms with Gasteiger partial charge in [-0.3, -0.25) is 4.79 Å². The molecule has 2 aliphatic heterocycles. The molecule has 0 radical (unpaired) electrons. The van der Waals surface area contributed by atoms with E-state index in [0.29, 0.717) is 26.1 Å². The van der Waals surface area contributed by atoms with Gasteiger partial charge in [0.2, 0.25) is 5.91 Å². The van der Waals surface area contributed by atoms with Crippen molar-refractivity contribution in [3.63, 3.8) is 0 Å². The van der Waals surface area contributed by atoms with Crippen LogP contribution in [0.25, 0.3) is 6.08 Å². The summed E-state index contributed by atoms with van der Waals surface area (Å²) >= 11 is 0. The summed E-state index contributed by atoms with van der Waals surface area (Å²) in [6.07, 6.45) is 8.26. The van der Waals surface area contributed by atoms with Crippen LogP contribution in [0.3, 0.4) is 0 Å². The molecule has 1 atom stereocenters. The average molecular weight is 516 g/mol. The first-order valence-corrected chi connectivity index (χ1v) is 14.1. The predicted octanol–water partition coefficient (Wildman–Crippen LogP) is 5.73. The zero-order valence-electron chi connectivity index (χ0n) is 23.1. The van der Waals surface area contributed by atoms with Gasteiger partial charge in [-0.2, -0.15) is 0 Å². The minimum absolute atomic E-state index is 0.104. The van der Waals surface area contributed by atoms with Crippen molar-refractivity contribution in [3.05, 3.63) is 71.8 Å². The Morgan fingerprint density at radius 1 is 1.00 bits per heavy atom. The number of carbonyl (C=O) groups is 2. The predicted molar refractivity (Wildman–Crippen MR) is 152 cm³/mol. The molecule has 2 aromatic carbocycles. The van der Waals surface area contributed by atoms with Crippen molar-refractivity contribution < 1.29 is 14.3 Å². The summed E-state index contributed by atoms with van der Waals surface area (Å²) in [5.41, 5.74) is 3.44. The Morgan fingerprint density at radius 3 is 2.45 bits per heavy atom. The van der Waals surface area contributed by atoms with E-state index in [9.17, 15) is 9.59 Å². The number of nitrogens with zero attached hydrogens (tertiary/aromatic N) is 3. The summed E-state index contributed by atoms with van der Waals surface area (Å²) < 4.78 is 5.53. The normalized spacial score (nSPS) is 20.5. The molecule has 2 amide bonds. The lowest BCUT2D eigenvalue weighted by atomic mass is 9.74.